The second kappa shape index (κ2) is 6.50. The molecule has 96 valence electrons. The van der Waals surface area contributed by atoms with Gasteiger partial charge in [0.25, 0.3) is 0 Å². The first-order chi connectivity index (χ1) is 8.20. The molecular formula is C13H21NS3. The Labute approximate surface area is 117 Å². The molecule has 17 heavy (non-hydrogen) atoms. The molecule has 0 saturated carbocycles. The molecule has 1 aromatic heterocycles. The van der Waals surface area contributed by atoms with Crippen LogP contribution in [-0.4, -0.2) is 34.6 Å². The van der Waals surface area contributed by atoms with Crippen LogP contribution in [0.3, 0.4) is 0 Å². The third-order valence-corrected chi connectivity index (χ3v) is 7.71. The SMILES string of the molecule is CNC(Cc1ccsc1)C1CSC(C)C(C)S1. The van der Waals surface area contributed by atoms with Crippen LogP contribution in [0.5, 0.6) is 0 Å². The van der Waals surface area contributed by atoms with Crippen LogP contribution in [0, 0.1) is 0 Å². The maximum atomic E-state index is 3.52. The minimum absolute atomic E-state index is 0.608. The van der Waals surface area contributed by atoms with Crippen molar-refractivity contribution in [1.82, 2.24) is 5.32 Å². The third-order valence-electron chi connectivity index (χ3n) is 3.43. The van der Waals surface area contributed by atoms with Crippen LogP contribution in [0.2, 0.25) is 0 Å². The highest BCUT2D eigenvalue weighted by molar-refractivity contribution is 8.07. The van der Waals surface area contributed by atoms with Crippen molar-refractivity contribution in [1.29, 1.82) is 0 Å². The molecule has 1 aliphatic heterocycles. The van der Waals surface area contributed by atoms with Crippen LogP contribution in [0.15, 0.2) is 16.8 Å². The molecule has 1 aromatic rings. The van der Waals surface area contributed by atoms with Gasteiger partial charge >= 0.3 is 0 Å². The van der Waals surface area contributed by atoms with E-state index in [1.807, 2.05) is 0 Å². The Morgan fingerprint density at radius 2 is 2.24 bits per heavy atom. The predicted molar refractivity (Wildman–Crippen MR) is 83.6 cm³/mol. The Kier molecular flexibility index (Phi) is 5.27. The van der Waals surface area contributed by atoms with Gasteiger partial charge in [0.2, 0.25) is 0 Å². The van der Waals surface area contributed by atoms with E-state index in [1.54, 1.807) is 11.3 Å². The van der Waals surface area contributed by atoms with Gasteiger partial charge in [0.1, 0.15) is 0 Å². The van der Waals surface area contributed by atoms with E-state index in [-0.39, 0.29) is 0 Å². The zero-order valence-electron chi connectivity index (χ0n) is 10.7. The summed E-state index contributed by atoms with van der Waals surface area (Å²) in [6.45, 7) is 4.72. The molecule has 1 fully saturated rings. The molecular weight excluding hydrogens is 266 g/mol. The first-order valence-corrected chi connectivity index (χ1v) is 9.09. The summed E-state index contributed by atoms with van der Waals surface area (Å²) in [6.07, 6.45) is 1.17. The number of nitrogens with one attached hydrogen (secondary N) is 1. The molecule has 4 heteroatoms. The van der Waals surface area contributed by atoms with Gasteiger partial charge in [0.05, 0.1) is 0 Å². The van der Waals surface area contributed by atoms with Crippen molar-refractivity contribution >= 4 is 34.9 Å². The van der Waals surface area contributed by atoms with Gasteiger partial charge in [0, 0.05) is 27.5 Å². The molecule has 0 amide bonds. The van der Waals surface area contributed by atoms with Crippen molar-refractivity contribution in [2.45, 2.75) is 42.1 Å². The quantitative estimate of drug-likeness (QED) is 0.910. The van der Waals surface area contributed by atoms with E-state index in [0.717, 1.165) is 15.7 Å². The largest absolute Gasteiger partial charge is 0.316 e. The molecule has 2 heterocycles. The van der Waals surface area contributed by atoms with Gasteiger partial charge in [-0.25, -0.2) is 0 Å². The molecule has 0 radical (unpaired) electrons. The maximum Gasteiger partial charge on any atom is 0.0298 e. The van der Waals surface area contributed by atoms with Gasteiger partial charge in [-0.05, 0) is 35.9 Å². The Bertz CT molecular complexity index is 325. The van der Waals surface area contributed by atoms with Crippen LogP contribution >= 0.6 is 34.9 Å². The summed E-state index contributed by atoms with van der Waals surface area (Å²) >= 11 is 6.10. The predicted octanol–water partition coefficient (Wildman–Crippen LogP) is 3.50. The van der Waals surface area contributed by atoms with E-state index in [2.05, 4.69) is 66.6 Å². The van der Waals surface area contributed by atoms with Gasteiger partial charge < -0.3 is 5.32 Å². The first kappa shape index (κ1) is 13.8. The second-order valence-electron chi connectivity index (χ2n) is 4.65. The molecule has 1 aliphatic rings. The lowest BCUT2D eigenvalue weighted by atomic mass is 10.1. The van der Waals surface area contributed by atoms with Crippen molar-refractivity contribution in [3.8, 4) is 0 Å². The van der Waals surface area contributed by atoms with Crippen molar-refractivity contribution in [2.24, 2.45) is 0 Å². The van der Waals surface area contributed by atoms with Crippen molar-refractivity contribution in [3.63, 3.8) is 0 Å². The zero-order chi connectivity index (χ0) is 12.3. The van der Waals surface area contributed by atoms with Gasteiger partial charge in [-0.3, -0.25) is 0 Å². The summed E-state index contributed by atoms with van der Waals surface area (Å²) in [4.78, 5) is 0. The monoisotopic (exact) mass is 287 g/mol. The van der Waals surface area contributed by atoms with Gasteiger partial charge in [-0.1, -0.05) is 13.8 Å². The summed E-state index contributed by atoms with van der Waals surface area (Å²) in [5.74, 6) is 1.28. The minimum Gasteiger partial charge on any atom is -0.316 e. The van der Waals surface area contributed by atoms with Gasteiger partial charge in [-0.15, -0.1) is 0 Å². The van der Waals surface area contributed by atoms with Crippen LogP contribution < -0.4 is 5.32 Å². The number of thiophene rings is 1. The highest BCUT2D eigenvalue weighted by Crippen LogP contribution is 2.37. The normalized spacial score (nSPS) is 31.4. The highest BCUT2D eigenvalue weighted by Gasteiger charge is 2.30. The van der Waals surface area contributed by atoms with Crippen LogP contribution in [0.1, 0.15) is 19.4 Å². The van der Waals surface area contributed by atoms with Crippen molar-refractivity contribution < 1.29 is 0 Å². The number of hydrogen-bond acceptors (Lipinski definition) is 4. The van der Waals surface area contributed by atoms with E-state index in [9.17, 15) is 0 Å². The summed E-state index contributed by atoms with van der Waals surface area (Å²) in [5.41, 5.74) is 1.48. The minimum atomic E-state index is 0.608. The van der Waals surface area contributed by atoms with Crippen molar-refractivity contribution in [2.75, 3.05) is 12.8 Å². The Hall–Kier alpha value is 0.360. The van der Waals surface area contributed by atoms with Crippen LogP contribution in [0.4, 0.5) is 0 Å². The summed E-state index contributed by atoms with van der Waals surface area (Å²) in [7, 11) is 2.10. The fraction of sp³-hybridized carbons (Fsp3) is 0.692. The maximum absolute atomic E-state index is 3.52. The van der Waals surface area contributed by atoms with Crippen molar-refractivity contribution in [3.05, 3.63) is 22.4 Å². The average molecular weight is 288 g/mol. The number of thioether (sulfide) groups is 2. The molecule has 1 nitrogen and oxygen atoms in total. The van der Waals surface area contributed by atoms with Crippen LogP contribution in [-0.2, 0) is 6.42 Å². The number of likely N-dealkylation sites (N-methyl/N-ethyl adjacent to an activating group) is 1. The van der Waals surface area contributed by atoms with E-state index in [0.29, 0.717) is 6.04 Å². The molecule has 4 atom stereocenters. The second-order valence-corrected chi connectivity index (χ2v) is 8.46. The molecule has 0 aliphatic carbocycles. The zero-order valence-corrected chi connectivity index (χ0v) is 13.1. The fourth-order valence-electron chi connectivity index (χ4n) is 2.10. The Morgan fingerprint density at radius 3 is 2.82 bits per heavy atom. The standard InChI is InChI=1S/C13H21NS3/c1-9-10(2)17-13(8-16-9)12(14-3)6-11-4-5-15-7-11/h4-5,7,9-10,12-14H,6,8H2,1-3H3. The molecule has 0 aromatic carbocycles. The van der Waals surface area contributed by atoms with E-state index < -0.39 is 0 Å². The van der Waals surface area contributed by atoms with Gasteiger partial charge in [-0.2, -0.15) is 34.9 Å². The molecule has 4 unspecified atom stereocenters. The molecule has 0 spiro atoms. The fourth-order valence-corrected chi connectivity index (χ4v) is 5.95. The lowest BCUT2D eigenvalue weighted by Gasteiger charge is -2.35. The Balaban J connectivity index is 1.94. The lowest BCUT2D eigenvalue weighted by molar-refractivity contribution is 0.554. The topological polar surface area (TPSA) is 12.0 Å². The summed E-state index contributed by atoms with van der Waals surface area (Å²) in [6, 6.07) is 2.86. The molecule has 0 bridgehead atoms. The number of hydrogen-bond donors (Lipinski definition) is 1. The van der Waals surface area contributed by atoms with E-state index >= 15 is 0 Å². The average Bonchev–Trinajstić information content (AvgIpc) is 2.82. The smallest absolute Gasteiger partial charge is 0.0298 e. The molecule has 2 rings (SSSR count). The van der Waals surface area contributed by atoms with E-state index in [4.69, 9.17) is 0 Å². The summed E-state index contributed by atoms with van der Waals surface area (Å²) in [5, 5.41) is 10.3. The van der Waals surface area contributed by atoms with E-state index in [1.165, 1.54) is 17.7 Å². The molecule has 1 N–H and O–H groups in total. The first-order valence-electron chi connectivity index (χ1n) is 6.16. The Morgan fingerprint density at radius 1 is 1.41 bits per heavy atom. The highest BCUT2D eigenvalue weighted by atomic mass is 32.2. The van der Waals surface area contributed by atoms with Crippen LogP contribution in [0.25, 0.3) is 0 Å². The third kappa shape index (κ3) is 3.66. The molecule has 1 saturated heterocycles. The number of rotatable bonds is 4. The van der Waals surface area contributed by atoms with Gasteiger partial charge in [0.15, 0.2) is 0 Å². The lowest BCUT2D eigenvalue weighted by Crippen LogP contribution is -2.43. The summed E-state index contributed by atoms with van der Waals surface area (Å²) < 4.78 is 0.